The minimum Gasteiger partial charge on any atom is -0.493 e. The first-order valence-electron chi connectivity index (χ1n) is 10.4. The summed E-state index contributed by atoms with van der Waals surface area (Å²) in [6.45, 7) is 1.12. The fourth-order valence-corrected chi connectivity index (χ4v) is 4.96. The molecule has 32 heavy (non-hydrogen) atoms. The van der Waals surface area contributed by atoms with Crippen LogP contribution in [0.25, 0.3) is 22.2 Å². The molecule has 1 aliphatic heterocycles. The summed E-state index contributed by atoms with van der Waals surface area (Å²) in [6.07, 6.45) is 0. The van der Waals surface area contributed by atoms with E-state index in [0.717, 1.165) is 32.2 Å². The molecule has 0 aliphatic carbocycles. The van der Waals surface area contributed by atoms with Crippen molar-refractivity contribution < 1.29 is 18.9 Å². The number of fused-ring (bicyclic) bond motifs is 1. The van der Waals surface area contributed by atoms with E-state index in [0.29, 0.717) is 30.5 Å². The van der Waals surface area contributed by atoms with E-state index < -0.39 is 0 Å². The zero-order valence-electron chi connectivity index (χ0n) is 18.2. The van der Waals surface area contributed by atoms with Gasteiger partial charge >= 0.3 is 0 Å². The van der Waals surface area contributed by atoms with Gasteiger partial charge in [-0.15, -0.1) is 0 Å². The highest BCUT2D eigenvalue weighted by Crippen LogP contribution is 2.50. The topological polar surface area (TPSA) is 52.7 Å². The predicted octanol–water partition coefficient (Wildman–Crippen LogP) is 5.94. The summed E-state index contributed by atoms with van der Waals surface area (Å²) in [5, 5.41) is 1.16. The molecule has 0 amide bonds. The third kappa shape index (κ3) is 3.17. The third-order valence-corrected chi connectivity index (χ3v) is 6.71. The molecule has 5 nitrogen and oxygen atoms in total. The summed E-state index contributed by atoms with van der Waals surface area (Å²) in [5.41, 5.74) is 5.22. The number of hydrogen-bond donors (Lipinski definition) is 1. The first kappa shape index (κ1) is 20.9. The van der Waals surface area contributed by atoms with E-state index in [-0.39, 0.29) is 5.41 Å². The maximum absolute atomic E-state index is 5.85. The Hall–Kier alpha value is -2.96. The van der Waals surface area contributed by atoms with E-state index >= 15 is 0 Å². The standard InChI is InChI=1S/C26H24BrNO4/c1-29-21-11-17(12-22(30-2)25(21)31-3)26(14-32-15-26)23-19-13-18(27)9-10-20(19)28-24(23)16-7-5-4-6-8-16/h4-13,28H,14-15H2,1-3H3. The van der Waals surface area contributed by atoms with Crippen LogP contribution in [0.4, 0.5) is 0 Å². The van der Waals surface area contributed by atoms with Crippen LogP contribution in [0.3, 0.4) is 0 Å². The molecule has 0 saturated carbocycles. The van der Waals surface area contributed by atoms with Gasteiger partial charge in [0.1, 0.15) is 0 Å². The first-order valence-corrected chi connectivity index (χ1v) is 11.2. The second kappa shape index (κ2) is 8.19. The molecule has 1 aromatic heterocycles. The first-order chi connectivity index (χ1) is 15.6. The molecule has 1 saturated heterocycles. The molecular weight excluding hydrogens is 470 g/mol. The predicted molar refractivity (Wildman–Crippen MR) is 129 cm³/mol. The normalized spacial score (nSPS) is 14.8. The number of aromatic amines is 1. The number of aromatic nitrogens is 1. The van der Waals surface area contributed by atoms with Crippen molar-refractivity contribution in [3.05, 3.63) is 76.3 Å². The lowest BCUT2D eigenvalue weighted by Crippen LogP contribution is -2.48. The van der Waals surface area contributed by atoms with Gasteiger partial charge in [0.25, 0.3) is 0 Å². The minimum atomic E-state index is -0.364. The third-order valence-electron chi connectivity index (χ3n) is 6.22. The van der Waals surface area contributed by atoms with Gasteiger partial charge in [-0.1, -0.05) is 46.3 Å². The van der Waals surface area contributed by atoms with E-state index in [4.69, 9.17) is 18.9 Å². The van der Waals surface area contributed by atoms with Crippen LogP contribution in [-0.2, 0) is 10.2 Å². The van der Waals surface area contributed by atoms with Gasteiger partial charge in [-0.3, -0.25) is 0 Å². The molecule has 6 heteroatoms. The number of rotatable bonds is 6. The van der Waals surface area contributed by atoms with Crippen molar-refractivity contribution in [1.29, 1.82) is 0 Å². The molecule has 3 aromatic carbocycles. The van der Waals surface area contributed by atoms with E-state index in [9.17, 15) is 0 Å². The number of hydrogen-bond acceptors (Lipinski definition) is 4. The van der Waals surface area contributed by atoms with Gasteiger partial charge in [-0.05, 0) is 41.5 Å². The fourth-order valence-electron chi connectivity index (χ4n) is 4.60. The Kier molecular flexibility index (Phi) is 5.35. The molecule has 1 aliphatic rings. The molecule has 0 unspecified atom stereocenters. The Bertz CT molecular complexity index is 1250. The largest absolute Gasteiger partial charge is 0.493 e. The highest BCUT2D eigenvalue weighted by atomic mass is 79.9. The number of ether oxygens (including phenoxy) is 4. The zero-order chi connectivity index (χ0) is 22.3. The quantitative estimate of drug-likeness (QED) is 0.361. The Labute approximate surface area is 195 Å². The van der Waals surface area contributed by atoms with Gasteiger partial charge in [0, 0.05) is 20.9 Å². The van der Waals surface area contributed by atoms with Gasteiger partial charge in [-0.2, -0.15) is 0 Å². The molecule has 5 rings (SSSR count). The van der Waals surface area contributed by atoms with Crippen LogP contribution in [0.15, 0.2) is 65.1 Å². The van der Waals surface area contributed by atoms with Crippen LogP contribution < -0.4 is 14.2 Å². The number of nitrogens with one attached hydrogen (secondary N) is 1. The van der Waals surface area contributed by atoms with Crippen LogP contribution in [0.1, 0.15) is 11.1 Å². The second-order valence-corrected chi connectivity index (χ2v) is 8.84. The molecule has 2 heterocycles. The summed E-state index contributed by atoms with van der Waals surface area (Å²) < 4.78 is 23.8. The second-order valence-electron chi connectivity index (χ2n) is 7.92. The molecule has 4 aromatic rings. The van der Waals surface area contributed by atoms with Crippen LogP contribution in [-0.4, -0.2) is 39.5 Å². The van der Waals surface area contributed by atoms with Gasteiger partial charge in [0.15, 0.2) is 11.5 Å². The monoisotopic (exact) mass is 493 g/mol. The lowest BCUT2D eigenvalue weighted by molar-refractivity contribution is -0.0371. The highest BCUT2D eigenvalue weighted by Gasteiger charge is 2.46. The Balaban J connectivity index is 1.82. The Morgan fingerprint density at radius 1 is 0.875 bits per heavy atom. The maximum atomic E-state index is 5.85. The molecule has 0 bridgehead atoms. The van der Waals surface area contributed by atoms with Crippen LogP contribution in [0, 0.1) is 0 Å². The van der Waals surface area contributed by atoms with E-state index in [1.165, 1.54) is 5.56 Å². The lowest BCUT2D eigenvalue weighted by atomic mass is 9.71. The number of methoxy groups -OCH3 is 3. The molecule has 1 N–H and O–H groups in total. The summed E-state index contributed by atoms with van der Waals surface area (Å²) in [6, 6.07) is 20.8. The summed E-state index contributed by atoms with van der Waals surface area (Å²) in [7, 11) is 4.90. The van der Waals surface area contributed by atoms with E-state index in [1.807, 2.05) is 18.2 Å². The van der Waals surface area contributed by atoms with Crippen LogP contribution in [0.5, 0.6) is 17.2 Å². The van der Waals surface area contributed by atoms with Gasteiger partial charge in [0.05, 0.1) is 45.7 Å². The molecule has 1 fully saturated rings. The number of halogens is 1. The molecular formula is C26H24BrNO4. The maximum Gasteiger partial charge on any atom is 0.203 e. The van der Waals surface area contributed by atoms with E-state index in [2.05, 4.69) is 63.4 Å². The average Bonchev–Trinajstić information content (AvgIpc) is 3.17. The summed E-state index contributed by atoms with van der Waals surface area (Å²) in [4.78, 5) is 3.67. The van der Waals surface area contributed by atoms with Crippen LogP contribution >= 0.6 is 15.9 Å². The smallest absolute Gasteiger partial charge is 0.203 e. The highest BCUT2D eigenvalue weighted by molar-refractivity contribution is 9.10. The average molecular weight is 494 g/mol. The van der Waals surface area contributed by atoms with Crippen molar-refractivity contribution in [1.82, 2.24) is 4.98 Å². The number of benzene rings is 3. The Morgan fingerprint density at radius 3 is 2.12 bits per heavy atom. The fraction of sp³-hybridized carbons (Fsp3) is 0.231. The van der Waals surface area contributed by atoms with Gasteiger partial charge in [-0.25, -0.2) is 0 Å². The molecule has 164 valence electrons. The van der Waals surface area contributed by atoms with Crippen molar-refractivity contribution >= 4 is 26.8 Å². The van der Waals surface area contributed by atoms with Gasteiger partial charge < -0.3 is 23.9 Å². The zero-order valence-corrected chi connectivity index (χ0v) is 19.8. The molecule has 0 radical (unpaired) electrons. The summed E-state index contributed by atoms with van der Waals surface area (Å²) in [5.74, 6) is 1.85. The lowest BCUT2D eigenvalue weighted by Gasteiger charge is -2.43. The molecule has 0 spiro atoms. The summed E-state index contributed by atoms with van der Waals surface area (Å²) >= 11 is 3.66. The number of H-pyrrole nitrogens is 1. The van der Waals surface area contributed by atoms with Gasteiger partial charge in [0.2, 0.25) is 5.75 Å². The van der Waals surface area contributed by atoms with Crippen molar-refractivity contribution in [2.45, 2.75) is 5.41 Å². The van der Waals surface area contributed by atoms with Crippen LogP contribution in [0.2, 0.25) is 0 Å². The van der Waals surface area contributed by atoms with Crippen molar-refractivity contribution in [3.8, 4) is 28.5 Å². The van der Waals surface area contributed by atoms with E-state index in [1.54, 1.807) is 21.3 Å². The minimum absolute atomic E-state index is 0.364. The Morgan fingerprint density at radius 2 is 1.56 bits per heavy atom. The SMILES string of the molecule is COc1cc(C2(c3c(-c4ccccc4)[nH]c4ccc(Br)cc34)COC2)cc(OC)c1OC. The van der Waals surface area contributed by atoms with Crippen molar-refractivity contribution in [3.63, 3.8) is 0 Å². The van der Waals surface area contributed by atoms with Crippen molar-refractivity contribution in [2.24, 2.45) is 0 Å². The molecule has 0 atom stereocenters. The van der Waals surface area contributed by atoms with Crippen molar-refractivity contribution in [2.75, 3.05) is 34.5 Å².